The number of rotatable bonds is 7. The molecule has 1 aromatic rings. The molecule has 0 saturated carbocycles. The predicted octanol–water partition coefficient (Wildman–Crippen LogP) is 2.32. The molecule has 0 amide bonds. The molecule has 3 N–H and O–H groups in total. The van der Waals surface area contributed by atoms with Gasteiger partial charge in [0.1, 0.15) is 4.90 Å². The minimum atomic E-state index is -3.70. The lowest BCUT2D eigenvalue weighted by atomic mass is 10.2. The number of nitrogens with two attached hydrogens (primary N) is 1. The number of nitrogens with one attached hydrogen (secondary N) is 1. The molecule has 0 spiro atoms. The fourth-order valence-electron chi connectivity index (χ4n) is 2.30. The summed E-state index contributed by atoms with van der Waals surface area (Å²) in [6.45, 7) is 9.27. The number of nitrogen functional groups attached to an aromatic ring is 1. The van der Waals surface area contributed by atoms with Gasteiger partial charge < -0.3 is 5.73 Å². The number of nitrogens with zero attached hydrogens (tertiary/aromatic N) is 1. The van der Waals surface area contributed by atoms with Crippen LogP contribution in [-0.4, -0.2) is 38.5 Å². The summed E-state index contributed by atoms with van der Waals surface area (Å²) in [6.07, 6.45) is 0. The highest BCUT2D eigenvalue weighted by Crippen LogP contribution is 2.26. The van der Waals surface area contributed by atoms with Crippen LogP contribution in [0.4, 0.5) is 5.69 Å². The molecule has 0 aromatic heterocycles. The third kappa shape index (κ3) is 4.85. The van der Waals surface area contributed by atoms with Crippen LogP contribution < -0.4 is 10.5 Å². The Morgan fingerprint density at radius 2 is 1.81 bits per heavy atom. The number of sulfonamides is 1. The van der Waals surface area contributed by atoms with E-state index in [2.05, 4.69) is 37.3 Å². The van der Waals surface area contributed by atoms with Gasteiger partial charge in [0.05, 0.1) is 10.7 Å². The van der Waals surface area contributed by atoms with Crippen LogP contribution in [0.3, 0.4) is 0 Å². The molecular weight excluding hydrogens is 310 g/mol. The molecule has 0 atom stereocenters. The molecule has 0 bridgehead atoms. The van der Waals surface area contributed by atoms with Gasteiger partial charge in [-0.2, -0.15) is 0 Å². The van der Waals surface area contributed by atoms with Gasteiger partial charge in [-0.25, -0.2) is 13.1 Å². The monoisotopic (exact) mass is 333 g/mol. The van der Waals surface area contributed by atoms with E-state index in [0.29, 0.717) is 25.2 Å². The van der Waals surface area contributed by atoms with Crippen LogP contribution in [0.25, 0.3) is 0 Å². The second kappa shape index (κ2) is 7.45. The first-order valence-corrected chi connectivity index (χ1v) is 8.82. The summed E-state index contributed by atoms with van der Waals surface area (Å²) < 4.78 is 27.2. The topological polar surface area (TPSA) is 75.4 Å². The fourth-order valence-corrected chi connectivity index (χ4v) is 4.00. The van der Waals surface area contributed by atoms with Crippen molar-refractivity contribution in [1.82, 2.24) is 9.62 Å². The third-order valence-electron chi connectivity index (χ3n) is 3.25. The van der Waals surface area contributed by atoms with E-state index in [1.165, 1.54) is 12.1 Å². The first-order chi connectivity index (χ1) is 9.66. The fraction of sp³-hybridized carbons (Fsp3) is 0.571. The summed E-state index contributed by atoms with van der Waals surface area (Å²) in [5, 5.41) is 0.132. The summed E-state index contributed by atoms with van der Waals surface area (Å²) in [7, 11) is -3.70. The van der Waals surface area contributed by atoms with E-state index in [4.69, 9.17) is 17.3 Å². The zero-order valence-corrected chi connectivity index (χ0v) is 14.5. The van der Waals surface area contributed by atoms with E-state index in [1.54, 1.807) is 6.07 Å². The molecule has 5 nitrogen and oxygen atoms in total. The Bertz CT molecular complexity index is 545. The zero-order chi connectivity index (χ0) is 16.2. The Kier molecular flexibility index (Phi) is 6.46. The standard InChI is InChI=1S/C14H24ClN3O2S/c1-10(2)18(11(3)4)9-8-17-21(19,20)14-12(15)6-5-7-13(14)16/h5-7,10-11,17H,8-9,16H2,1-4H3. The smallest absolute Gasteiger partial charge is 0.244 e. The van der Waals surface area contributed by atoms with Crippen LogP contribution in [0.2, 0.25) is 5.02 Å². The predicted molar refractivity (Wildman–Crippen MR) is 88.0 cm³/mol. The van der Waals surface area contributed by atoms with Gasteiger partial charge in [-0.15, -0.1) is 0 Å². The van der Waals surface area contributed by atoms with E-state index in [-0.39, 0.29) is 15.6 Å². The zero-order valence-electron chi connectivity index (χ0n) is 12.9. The molecule has 0 fully saturated rings. The maximum atomic E-state index is 12.3. The van der Waals surface area contributed by atoms with Gasteiger partial charge in [-0.05, 0) is 39.8 Å². The highest BCUT2D eigenvalue weighted by molar-refractivity contribution is 7.89. The average Bonchev–Trinajstić information content (AvgIpc) is 2.33. The van der Waals surface area contributed by atoms with Gasteiger partial charge in [0.25, 0.3) is 0 Å². The van der Waals surface area contributed by atoms with Crippen LogP contribution in [0.15, 0.2) is 23.1 Å². The summed E-state index contributed by atoms with van der Waals surface area (Å²) in [6, 6.07) is 5.35. The average molecular weight is 334 g/mol. The molecular formula is C14H24ClN3O2S. The number of anilines is 1. The Balaban J connectivity index is 2.79. The molecule has 7 heteroatoms. The van der Waals surface area contributed by atoms with Gasteiger partial charge in [0.15, 0.2) is 0 Å². The summed E-state index contributed by atoms with van der Waals surface area (Å²) in [5.74, 6) is 0. The number of hydrogen-bond donors (Lipinski definition) is 2. The lowest BCUT2D eigenvalue weighted by Gasteiger charge is -2.30. The SMILES string of the molecule is CC(C)N(CCNS(=O)(=O)c1c(N)cccc1Cl)C(C)C. The molecule has 1 rings (SSSR count). The van der Waals surface area contributed by atoms with Crippen LogP contribution in [0.5, 0.6) is 0 Å². The van der Waals surface area contributed by atoms with Gasteiger partial charge in [-0.1, -0.05) is 17.7 Å². The minimum Gasteiger partial charge on any atom is -0.398 e. The second-order valence-electron chi connectivity index (χ2n) is 5.48. The van der Waals surface area contributed by atoms with E-state index >= 15 is 0 Å². The Labute approximate surface area is 132 Å². The number of halogens is 1. The van der Waals surface area contributed by atoms with Gasteiger partial charge >= 0.3 is 0 Å². The van der Waals surface area contributed by atoms with Gasteiger partial charge in [0.2, 0.25) is 10.0 Å². The van der Waals surface area contributed by atoms with Crippen LogP contribution >= 0.6 is 11.6 Å². The number of benzene rings is 1. The quantitative estimate of drug-likeness (QED) is 0.751. The molecule has 0 heterocycles. The van der Waals surface area contributed by atoms with E-state index in [9.17, 15) is 8.42 Å². The maximum Gasteiger partial charge on any atom is 0.244 e. The summed E-state index contributed by atoms with van der Waals surface area (Å²) in [4.78, 5) is 2.16. The van der Waals surface area contributed by atoms with Crippen molar-refractivity contribution in [3.05, 3.63) is 23.2 Å². The third-order valence-corrected chi connectivity index (χ3v) is 5.26. The molecule has 21 heavy (non-hydrogen) atoms. The Morgan fingerprint density at radius 3 is 2.29 bits per heavy atom. The largest absolute Gasteiger partial charge is 0.398 e. The normalized spacial score (nSPS) is 12.6. The Morgan fingerprint density at radius 1 is 1.24 bits per heavy atom. The minimum absolute atomic E-state index is 0.0488. The number of hydrogen-bond acceptors (Lipinski definition) is 4. The van der Waals surface area contributed by atoms with E-state index in [0.717, 1.165) is 0 Å². The van der Waals surface area contributed by atoms with Crippen molar-refractivity contribution in [3.8, 4) is 0 Å². The van der Waals surface area contributed by atoms with Crippen molar-refractivity contribution in [3.63, 3.8) is 0 Å². The highest BCUT2D eigenvalue weighted by Gasteiger charge is 2.21. The van der Waals surface area contributed by atoms with Crippen molar-refractivity contribution in [1.29, 1.82) is 0 Å². The molecule has 0 unspecified atom stereocenters. The molecule has 0 radical (unpaired) electrons. The van der Waals surface area contributed by atoms with Crippen LogP contribution in [0.1, 0.15) is 27.7 Å². The van der Waals surface area contributed by atoms with Crippen molar-refractivity contribution in [2.75, 3.05) is 18.8 Å². The Hall–Kier alpha value is -0.820. The second-order valence-corrected chi connectivity index (χ2v) is 7.59. The first kappa shape index (κ1) is 18.2. The molecule has 0 aliphatic heterocycles. The molecule has 1 aromatic carbocycles. The summed E-state index contributed by atoms with van der Waals surface area (Å²) in [5.41, 5.74) is 5.87. The van der Waals surface area contributed by atoms with Crippen LogP contribution in [0, 0.1) is 0 Å². The van der Waals surface area contributed by atoms with E-state index in [1.807, 2.05) is 0 Å². The van der Waals surface area contributed by atoms with Crippen molar-refractivity contribution >= 4 is 27.3 Å². The van der Waals surface area contributed by atoms with Gasteiger partial charge in [-0.3, -0.25) is 4.90 Å². The first-order valence-electron chi connectivity index (χ1n) is 6.96. The summed E-state index contributed by atoms with van der Waals surface area (Å²) >= 11 is 5.95. The lowest BCUT2D eigenvalue weighted by molar-refractivity contribution is 0.179. The van der Waals surface area contributed by atoms with Crippen molar-refractivity contribution in [2.24, 2.45) is 0 Å². The van der Waals surface area contributed by atoms with Gasteiger partial charge in [0, 0.05) is 25.2 Å². The molecule has 0 aliphatic carbocycles. The van der Waals surface area contributed by atoms with E-state index < -0.39 is 10.0 Å². The van der Waals surface area contributed by atoms with Crippen molar-refractivity contribution in [2.45, 2.75) is 44.7 Å². The van der Waals surface area contributed by atoms with Crippen molar-refractivity contribution < 1.29 is 8.42 Å². The molecule has 0 saturated heterocycles. The maximum absolute atomic E-state index is 12.3. The molecule has 0 aliphatic rings. The lowest BCUT2D eigenvalue weighted by Crippen LogP contribution is -2.42. The highest BCUT2D eigenvalue weighted by atomic mass is 35.5. The van der Waals surface area contributed by atoms with Crippen LogP contribution in [-0.2, 0) is 10.0 Å². The molecule has 120 valence electrons.